The van der Waals surface area contributed by atoms with Crippen molar-refractivity contribution >= 4 is 29.2 Å². The summed E-state index contributed by atoms with van der Waals surface area (Å²) in [4.78, 5) is 26.0. The SMILES string of the molecule is N#C[C@@H]1CCCN1C(=O)Cc1ccc(NC(=O)NCc2ccc(Cl)cc2)cc1. The second-order valence-electron chi connectivity index (χ2n) is 6.68. The molecule has 0 spiro atoms. The molecule has 2 aromatic rings. The predicted molar refractivity (Wildman–Crippen MR) is 108 cm³/mol. The van der Waals surface area contributed by atoms with Crippen LogP contribution >= 0.6 is 11.6 Å². The number of carbonyl (C=O) groups excluding carboxylic acids is 2. The molecule has 2 N–H and O–H groups in total. The van der Waals surface area contributed by atoms with Gasteiger partial charge in [0.15, 0.2) is 0 Å². The third kappa shape index (κ3) is 5.24. The lowest BCUT2D eigenvalue weighted by Gasteiger charge is -2.19. The molecule has 7 heteroatoms. The third-order valence-corrected chi connectivity index (χ3v) is 4.91. The molecule has 144 valence electrons. The van der Waals surface area contributed by atoms with Gasteiger partial charge in [0.05, 0.1) is 12.5 Å². The Labute approximate surface area is 169 Å². The van der Waals surface area contributed by atoms with E-state index in [-0.39, 0.29) is 24.4 Å². The molecule has 1 aliphatic rings. The molecule has 3 rings (SSSR count). The molecule has 1 saturated heterocycles. The Kier molecular flexibility index (Phi) is 6.51. The summed E-state index contributed by atoms with van der Waals surface area (Å²) in [5.41, 5.74) is 2.44. The Morgan fingerprint density at radius 3 is 2.46 bits per heavy atom. The number of anilines is 1. The molecule has 28 heavy (non-hydrogen) atoms. The van der Waals surface area contributed by atoms with Crippen LogP contribution in [0, 0.1) is 11.3 Å². The average Bonchev–Trinajstić information content (AvgIpc) is 3.18. The Bertz CT molecular complexity index is 875. The molecule has 1 heterocycles. The van der Waals surface area contributed by atoms with E-state index in [2.05, 4.69) is 16.7 Å². The van der Waals surface area contributed by atoms with E-state index in [1.165, 1.54) is 0 Å². The Balaban J connectivity index is 1.48. The fraction of sp³-hybridized carbons (Fsp3) is 0.286. The van der Waals surface area contributed by atoms with Crippen molar-refractivity contribution in [2.45, 2.75) is 31.8 Å². The molecule has 0 saturated carbocycles. The summed E-state index contributed by atoms with van der Waals surface area (Å²) in [6, 6.07) is 16.0. The molecular formula is C21H21ClN4O2. The topological polar surface area (TPSA) is 85.2 Å². The van der Waals surface area contributed by atoms with Crippen LogP contribution < -0.4 is 10.6 Å². The molecule has 3 amide bonds. The van der Waals surface area contributed by atoms with E-state index in [9.17, 15) is 9.59 Å². The molecule has 0 bridgehead atoms. The van der Waals surface area contributed by atoms with E-state index in [4.69, 9.17) is 16.9 Å². The van der Waals surface area contributed by atoms with Crippen LogP contribution in [-0.2, 0) is 17.8 Å². The maximum Gasteiger partial charge on any atom is 0.319 e. The summed E-state index contributed by atoms with van der Waals surface area (Å²) < 4.78 is 0. The van der Waals surface area contributed by atoms with Crippen molar-refractivity contribution < 1.29 is 9.59 Å². The summed E-state index contributed by atoms with van der Waals surface area (Å²) in [7, 11) is 0. The summed E-state index contributed by atoms with van der Waals surface area (Å²) in [6.45, 7) is 1.04. The zero-order chi connectivity index (χ0) is 19.9. The largest absolute Gasteiger partial charge is 0.334 e. The Morgan fingerprint density at radius 1 is 1.11 bits per heavy atom. The highest BCUT2D eigenvalue weighted by atomic mass is 35.5. The number of likely N-dealkylation sites (tertiary alicyclic amines) is 1. The quantitative estimate of drug-likeness (QED) is 0.807. The zero-order valence-corrected chi connectivity index (χ0v) is 16.1. The van der Waals surface area contributed by atoms with Crippen molar-refractivity contribution in [3.05, 3.63) is 64.7 Å². The Morgan fingerprint density at radius 2 is 1.79 bits per heavy atom. The van der Waals surface area contributed by atoms with Gasteiger partial charge in [-0.15, -0.1) is 0 Å². The maximum absolute atomic E-state index is 12.4. The molecule has 0 aromatic heterocycles. The molecule has 1 aliphatic heterocycles. The highest BCUT2D eigenvalue weighted by molar-refractivity contribution is 6.30. The summed E-state index contributed by atoms with van der Waals surface area (Å²) in [5.74, 6) is -0.0366. The van der Waals surface area contributed by atoms with Gasteiger partial charge in [-0.25, -0.2) is 4.79 Å². The third-order valence-electron chi connectivity index (χ3n) is 4.66. The smallest absolute Gasteiger partial charge is 0.319 e. The number of rotatable bonds is 5. The summed E-state index contributed by atoms with van der Waals surface area (Å²) >= 11 is 5.84. The van der Waals surface area contributed by atoms with E-state index in [1.807, 2.05) is 24.3 Å². The maximum atomic E-state index is 12.4. The van der Waals surface area contributed by atoms with Gasteiger partial charge in [0.2, 0.25) is 5.91 Å². The number of nitrogens with zero attached hydrogens (tertiary/aromatic N) is 2. The lowest BCUT2D eigenvalue weighted by molar-refractivity contribution is -0.130. The van der Waals surface area contributed by atoms with Gasteiger partial charge in [0, 0.05) is 23.8 Å². The summed E-state index contributed by atoms with van der Waals surface area (Å²) in [5, 5.41) is 15.3. The normalized spacial score (nSPS) is 15.7. The number of urea groups is 1. The first-order chi connectivity index (χ1) is 13.5. The van der Waals surface area contributed by atoms with E-state index < -0.39 is 0 Å². The number of halogens is 1. The standard InChI is InChI=1S/C21H21ClN4O2/c22-17-7-3-16(4-8-17)14-24-21(28)25-18-9-5-15(6-10-18)12-20(27)26-11-1-2-19(26)13-23/h3-10,19H,1-2,11-12,14H2,(H2,24,25,28)/t19-/m0/s1. The number of hydrogen-bond acceptors (Lipinski definition) is 3. The predicted octanol–water partition coefficient (Wildman–Crippen LogP) is 3.72. The number of hydrogen-bond donors (Lipinski definition) is 2. The van der Waals surface area contributed by atoms with Gasteiger partial charge in [-0.3, -0.25) is 4.79 Å². The molecule has 1 atom stereocenters. The van der Waals surface area contributed by atoms with Crippen LogP contribution in [0.2, 0.25) is 5.02 Å². The molecule has 0 aliphatic carbocycles. The number of amides is 3. The van der Waals surface area contributed by atoms with Crippen molar-refractivity contribution in [3.8, 4) is 6.07 Å². The minimum absolute atomic E-state index is 0.0366. The minimum atomic E-state index is -0.312. The van der Waals surface area contributed by atoms with Crippen molar-refractivity contribution in [1.29, 1.82) is 5.26 Å². The first-order valence-electron chi connectivity index (χ1n) is 9.12. The number of carbonyl (C=O) groups is 2. The van der Waals surface area contributed by atoms with Crippen LogP contribution in [-0.4, -0.2) is 29.4 Å². The van der Waals surface area contributed by atoms with Gasteiger partial charge in [-0.2, -0.15) is 5.26 Å². The molecule has 0 radical (unpaired) electrons. The van der Waals surface area contributed by atoms with Gasteiger partial charge in [0.25, 0.3) is 0 Å². The van der Waals surface area contributed by atoms with Crippen LogP contribution in [0.15, 0.2) is 48.5 Å². The first kappa shape index (κ1) is 19.7. The van der Waals surface area contributed by atoms with E-state index in [1.54, 1.807) is 29.2 Å². The van der Waals surface area contributed by atoms with Crippen LogP contribution in [0.3, 0.4) is 0 Å². The van der Waals surface area contributed by atoms with E-state index >= 15 is 0 Å². The fourth-order valence-corrected chi connectivity index (χ4v) is 3.27. The van der Waals surface area contributed by atoms with Crippen LogP contribution in [0.5, 0.6) is 0 Å². The zero-order valence-electron chi connectivity index (χ0n) is 15.3. The number of nitriles is 1. The van der Waals surface area contributed by atoms with Crippen LogP contribution in [0.25, 0.3) is 0 Å². The highest BCUT2D eigenvalue weighted by Gasteiger charge is 2.28. The fourth-order valence-electron chi connectivity index (χ4n) is 3.14. The van der Waals surface area contributed by atoms with Crippen LogP contribution in [0.1, 0.15) is 24.0 Å². The van der Waals surface area contributed by atoms with Crippen molar-refractivity contribution in [2.75, 3.05) is 11.9 Å². The molecule has 6 nitrogen and oxygen atoms in total. The molecule has 2 aromatic carbocycles. The second-order valence-corrected chi connectivity index (χ2v) is 7.12. The molecule has 0 unspecified atom stereocenters. The van der Waals surface area contributed by atoms with Crippen LogP contribution in [0.4, 0.5) is 10.5 Å². The molecule has 1 fully saturated rings. The van der Waals surface area contributed by atoms with Crippen molar-refractivity contribution in [1.82, 2.24) is 10.2 Å². The summed E-state index contributed by atoms with van der Waals surface area (Å²) in [6.07, 6.45) is 1.87. The average molecular weight is 397 g/mol. The van der Waals surface area contributed by atoms with Gasteiger partial charge < -0.3 is 15.5 Å². The minimum Gasteiger partial charge on any atom is -0.334 e. The lowest BCUT2D eigenvalue weighted by atomic mass is 10.1. The van der Waals surface area contributed by atoms with Crippen molar-refractivity contribution in [2.24, 2.45) is 0 Å². The molecular weight excluding hydrogens is 376 g/mol. The van der Waals surface area contributed by atoms with Gasteiger partial charge in [-0.05, 0) is 48.2 Å². The van der Waals surface area contributed by atoms with E-state index in [0.29, 0.717) is 23.8 Å². The van der Waals surface area contributed by atoms with E-state index in [0.717, 1.165) is 24.0 Å². The second kappa shape index (κ2) is 9.25. The van der Waals surface area contributed by atoms with Gasteiger partial charge >= 0.3 is 6.03 Å². The van der Waals surface area contributed by atoms with Gasteiger partial charge in [0.1, 0.15) is 6.04 Å². The number of nitrogens with one attached hydrogen (secondary N) is 2. The number of benzene rings is 2. The lowest BCUT2D eigenvalue weighted by Crippen LogP contribution is -2.35. The Hall–Kier alpha value is -3.04. The monoisotopic (exact) mass is 396 g/mol. The first-order valence-corrected chi connectivity index (χ1v) is 9.50. The van der Waals surface area contributed by atoms with Crippen molar-refractivity contribution in [3.63, 3.8) is 0 Å². The van der Waals surface area contributed by atoms with Gasteiger partial charge in [-0.1, -0.05) is 35.9 Å². The highest BCUT2D eigenvalue weighted by Crippen LogP contribution is 2.18.